The van der Waals surface area contributed by atoms with Crippen LogP contribution in [0, 0.1) is 0 Å². The zero-order valence-corrected chi connectivity index (χ0v) is 12.5. The summed E-state index contributed by atoms with van der Waals surface area (Å²) in [7, 11) is 1.65. The molecule has 0 N–H and O–H groups in total. The first-order valence-corrected chi connectivity index (χ1v) is 7.14. The molecule has 1 aromatic carbocycles. The second-order valence-corrected chi connectivity index (χ2v) is 5.46. The molecule has 0 aromatic heterocycles. The van der Waals surface area contributed by atoms with Crippen LogP contribution in [0.1, 0.15) is 32.3 Å². The van der Waals surface area contributed by atoms with Crippen LogP contribution in [-0.4, -0.2) is 36.7 Å². The number of carbonyl (C=O) groups is 1. The lowest BCUT2D eigenvalue weighted by molar-refractivity contribution is -0.138. The van der Waals surface area contributed by atoms with E-state index in [9.17, 15) is 4.79 Å². The van der Waals surface area contributed by atoms with Gasteiger partial charge in [0.2, 0.25) is 5.91 Å². The van der Waals surface area contributed by atoms with Crippen molar-refractivity contribution in [2.24, 2.45) is 0 Å². The Kier molecular flexibility index (Phi) is 5.01. The molecule has 1 aliphatic rings. The van der Waals surface area contributed by atoms with Crippen LogP contribution in [0.4, 0.5) is 0 Å². The molecule has 20 heavy (non-hydrogen) atoms. The molecule has 1 aliphatic carbocycles. The first-order chi connectivity index (χ1) is 9.60. The Morgan fingerprint density at radius 3 is 2.45 bits per heavy atom. The van der Waals surface area contributed by atoms with Gasteiger partial charge in [0.15, 0.2) is 0 Å². The fourth-order valence-electron chi connectivity index (χ4n) is 2.06. The van der Waals surface area contributed by atoms with Crippen LogP contribution >= 0.6 is 0 Å². The summed E-state index contributed by atoms with van der Waals surface area (Å²) in [5.74, 6) is 0.915. The van der Waals surface area contributed by atoms with Crippen molar-refractivity contribution in [2.45, 2.75) is 45.4 Å². The highest BCUT2D eigenvalue weighted by molar-refractivity contribution is 5.78. The van der Waals surface area contributed by atoms with Crippen LogP contribution in [0.2, 0.25) is 0 Å². The molecule has 110 valence electrons. The Labute approximate surface area is 120 Å². The number of hydrogen-bond acceptors (Lipinski definition) is 3. The molecule has 1 aromatic rings. The Balaban J connectivity index is 1.96. The number of ether oxygens (including phenoxy) is 2. The molecule has 2 rings (SSSR count). The number of carbonyl (C=O) groups excluding carboxylic acids is 1. The highest BCUT2D eigenvalue weighted by Gasteiger charge is 2.32. The molecule has 1 amide bonds. The fraction of sp³-hybridized carbons (Fsp3) is 0.562. The number of benzene rings is 1. The second kappa shape index (κ2) is 6.75. The monoisotopic (exact) mass is 277 g/mol. The van der Waals surface area contributed by atoms with Crippen LogP contribution in [0.5, 0.6) is 5.75 Å². The minimum atomic E-state index is 0.0806. The van der Waals surface area contributed by atoms with Gasteiger partial charge < -0.3 is 14.4 Å². The average Bonchev–Trinajstić information content (AvgIpc) is 3.27. The SMILES string of the molecule is COc1ccc(CN(C(=O)COC(C)C)C2CC2)cc1. The largest absolute Gasteiger partial charge is 0.497 e. The van der Waals surface area contributed by atoms with Gasteiger partial charge in [0, 0.05) is 12.6 Å². The van der Waals surface area contributed by atoms with Crippen LogP contribution in [0.15, 0.2) is 24.3 Å². The van der Waals surface area contributed by atoms with Gasteiger partial charge in [-0.3, -0.25) is 4.79 Å². The van der Waals surface area contributed by atoms with E-state index in [-0.39, 0.29) is 18.6 Å². The first-order valence-electron chi connectivity index (χ1n) is 7.14. The maximum absolute atomic E-state index is 12.2. The molecule has 4 heteroatoms. The van der Waals surface area contributed by atoms with E-state index in [0.717, 1.165) is 24.2 Å². The van der Waals surface area contributed by atoms with Gasteiger partial charge in [0.05, 0.1) is 13.2 Å². The van der Waals surface area contributed by atoms with Crippen LogP contribution < -0.4 is 4.74 Å². The van der Waals surface area contributed by atoms with E-state index in [1.807, 2.05) is 43.0 Å². The van der Waals surface area contributed by atoms with Gasteiger partial charge >= 0.3 is 0 Å². The van der Waals surface area contributed by atoms with Crippen molar-refractivity contribution in [3.63, 3.8) is 0 Å². The van der Waals surface area contributed by atoms with E-state index < -0.39 is 0 Å². The van der Waals surface area contributed by atoms with E-state index in [1.165, 1.54) is 0 Å². The van der Waals surface area contributed by atoms with Crippen LogP contribution in [-0.2, 0) is 16.1 Å². The Bertz CT molecular complexity index is 438. The molecular weight excluding hydrogens is 254 g/mol. The lowest BCUT2D eigenvalue weighted by atomic mass is 10.2. The van der Waals surface area contributed by atoms with E-state index in [0.29, 0.717) is 12.6 Å². The van der Waals surface area contributed by atoms with Gasteiger partial charge in [-0.25, -0.2) is 0 Å². The van der Waals surface area contributed by atoms with E-state index >= 15 is 0 Å². The van der Waals surface area contributed by atoms with Gasteiger partial charge in [-0.05, 0) is 44.4 Å². The number of rotatable bonds is 7. The molecule has 1 saturated carbocycles. The smallest absolute Gasteiger partial charge is 0.249 e. The Morgan fingerprint density at radius 1 is 1.30 bits per heavy atom. The molecule has 0 spiro atoms. The zero-order valence-electron chi connectivity index (χ0n) is 12.5. The minimum Gasteiger partial charge on any atom is -0.497 e. The van der Waals surface area contributed by atoms with Crippen LogP contribution in [0.3, 0.4) is 0 Å². The predicted molar refractivity (Wildman–Crippen MR) is 77.7 cm³/mol. The Hall–Kier alpha value is -1.55. The third-order valence-electron chi connectivity index (χ3n) is 3.36. The molecule has 0 radical (unpaired) electrons. The number of amides is 1. The minimum absolute atomic E-state index is 0.0806. The number of methoxy groups -OCH3 is 1. The lowest BCUT2D eigenvalue weighted by Crippen LogP contribution is -2.36. The molecule has 0 unspecified atom stereocenters. The summed E-state index contributed by atoms with van der Waals surface area (Å²) < 4.78 is 10.6. The molecular formula is C16H23NO3. The van der Waals surface area contributed by atoms with Crippen molar-refractivity contribution in [1.29, 1.82) is 0 Å². The van der Waals surface area contributed by atoms with E-state index in [1.54, 1.807) is 7.11 Å². The number of nitrogens with zero attached hydrogens (tertiary/aromatic N) is 1. The molecule has 0 saturated heterocycles. The molecule has 0 atom stereocenters. The standard InChI is InChI=1S/C16H23NO3/c1-12(2)20-11-16(18)17(14-6-7-14)10-13-4-8-15(19-3)9-5-13/h4-5,8-9,12,14H,6-7,10-11H2,1-3H3. The Morgan fingerprint density at radius 2 is 1.95 bits per heavy atom. The normalized spacial score (nSPS) is 14.4. The van der Waals surface area contributed by atoms with Crippen molar-refractivity contribution in [2.75, 3.05) is 13.7 Å². The summed E-state index contributed by atoms with van der Waals surface area (Å²) in [6.45, 7) is 4.70. The second-order valence-electron chi connectivity index (χ2n) is 5.46. The topological polar surface area (TPSA) is 38.8 Å². The average molecular weight is 277 g/mol. The summed E-state index contributed by atoms with van der Waals surface area (Å²) in [6.07, 6.45) is 2.29. The first kappa shape index (κ1) is 14.9. The highest BCUT2D eigenvalue weighted by Crippen LogP contribution is 2.28. The van der Waals surface area contributed by atoms with Gasteiger partial charge in [0.25, 0.3) is 0 Å². The third-order valence-corrected chi connectivity index (χ3v) is 3.36. The third kappa shape index (κ3) is 4.23. The van der Waals surface area contributed by atoms with Gasteiger partial charge in [0.1, 0.15) is 12.4 Å². The van der Waals surface area contributed by atoms with Gasteiger partial charge in [-0.2, -0.15) is 0 Å². The molecule has 0 bridgehead atoms. The quantitative estimate of drug-likeness (QED) is 0.769. The van der Waals surface area contributed by atoms with Crippen molar-refractivity contribution < 1.29 is 14.3 Å². The fourth-order valence-corrected chi connectivity index (χ4v) is 2.06. The summed E-state index contributed by atoms with van der Waals surface area (Å²) in [4.78, 5) is 14.2. The van der Waals surface area contributed by atoms with E-state index in [4.69, 9.17) is 9.47 Å². The molecule has 0 aliphatic heterocycles. The maximum atomic E-state index is 12.2. The predicted octanol–water partition coefficient (Wildman–Crippen LogP) is 2.61. The summed E-state index contributed by atoms with van der Waals surface area (Å²) in [5, 5.41) is 0. The molecule has 0 heterocycles. The summed E-state index contributed by atoms with van der Waals surface area (Å²) in [6, 6.07) is 8.25. The van der Waals surface area contributed by atoms with Crippen molar-refractivity contribution in [3.05, 3.63) is 29.8 Å². The van der Waals surface area contributed by atoms with Gasteiger partial charge in [-0.15, -0.1) is 0 Å². The number of hydrogen-bond donors (Lipinski definition) is 0. The van der Waals surface area contributed by atoms with Crippen molar-refractivity contribution in [1.82, 2.24) is 4.90 Å². The van der Waals surface area contributed by atoms with Gasteiger partial charge in [-0.1, -0.05) is 12.1 Å². The zero-order chi connectivity index (χ0) is 14.5. The van der Waals surface area contributed by atoms with Crippen LogP contribution in [0.25, 0.3) is 0 Å². The summed E-state index contributed by atoms with van der Waals surface area (Å²) >= 11 is 0. The van der Waals surface area contributed by atoms with Crippen molar-refractivity contribution in [3.8, 4) is 5.75 Å². The summed E-state index contributed by atoms with van der Waals surface area (Å²) in [5.41, 5.74) is 1.12. The maximum Gasteiger partial charge on any atom is 0.249 e. The molecule has 4 nitrogen and oxygen atoms in total. The highest BCUT2D eigenvalue weighted by atomic mass is 16.5. The lowest BCUT2D eigenvalue weighted by Gasteiger charge is -2.23. The van der Waals surface area contributed by atoms with Crippen molar-refractivity contribution >= 4 is 5.91 Å². The molecule has 1 fully saturated rings. The van der Waals surface area contributed by atoms with E-state index in [2.05, 4.69) is 0 Å².